The van der Waals surface area contributed by atoms with Crippen LogP contribution in [0.4, 0.5) is 5.69 Å². The Balaban J connectivity index is 1.98. The number of hydrogen-bond acceptors (Lipinski definition) is 4. The Morgan fingerprint density at radius 3 is 2.75 bits per heavy atom. The van der Waals surface area contributed by atoms with Crippen molar-refractivity contribution in [2.45, 2.75) is 5.16 Å². The topological polar surface area (TPSA) is 54.9 Å². The number of amides is 1. The normalized spacial score (nSPS) is 10.7. The molecule has 0 fully saturated rings. The van der Waals surface area contributed by atoms with Crippen LogP contribution in [0, 0.1) is 0 Å². The molecule has 0 aliphatic carbocycles. The smallest absolute Gasteiger partial charge is 0.248 e. The fourth-order valence-electron chi connectivity index (χ4n) is 1.44. The van der Waals surface area contributed by atoms with Crippen molar-refractivity contribution in [3.8, 4) is 0 Å². The molecule has 1 aromatic carbocycles. The largest absolute Gasteiger partial charge is 0.322 e. The standard InChI is InChI=1S/C14H12ClN3OS/c1-20-14-16-8-10(9-17-14)5-6-13(19)18-12-4-2-3-11(15)7-12/h2-9H,1H3,(H,18,19)/b6-5+. The van der Waals surface area contributed by atoms with Crippen LogP contribution in [-0.4, -0.2) is 22.1 Å². The second-order valence-electron chi connectivity index (χ2n) is 3.84. The maximum absolute atomic E-state index is 11.7. The third-order valence-electron chi connectivity index (χ3n) is 2.35. The van der Waals surface area contributed by atoms with Crippen LogP contribution in [0.3, 0.4) is 0 Å². The zero-order valence-electron chi connectivity index (χ0n) is 10.7. The predicted molar refractivity (Wildman–Crippen MR) is 82.9 cm³/mol. The second-order valence-corrected chi connectivity index (χ2v) is 5.05. The second kappa shape index (κ2) is 7.07. The van der Waals surface area contributed by atoms with E-state index in [0.717, 1.165) is 5.56 Å². The average Bonchev–Trinajstić information content (AvgIpc) is 2.46. The van der Waals surface area contributed by atoms with E-state index < -0.39 is 0 Å². The van der Waals surface area contributed by atoms with E-state index in [0.29, 0.717) is 15.9 Å². The molecule has 1 N–H and O–H groups in total. The molecule has 0 aliphatic rings. The molecule has 102 valence electrons. The summed E-state index contributed by atoms with van der Waals surface area (Å²) in [5.74, 6) is -0.235. The first-order valence-corrected chi connectivity index (χ1v) is 7.38. The van der Waals surface area contributed by atoms with Crippen molar-refractivity contribution in [1.29, 1.82) is 0 Å². The quantitative estimate of drug-likeness (QED) is 0.533. The van der Waals surface area contributed by atoms with Gasteiger partial charge in [0, 0.05) is 34.7 Å². The van der Waals surface area contributed by atoms with E-state index >= 15 is 0 Å². The van der Waals surface area contributed by atoms with Gasteiger partial charge in [-0.1, -0.05) is 29.4 Å². The number of anilines is 1. The van der Waals surface area contributed by atoms with Crippen LogP contribution in [0.1, 0.15) is 5.56 Å². The average molecular weight is 306 g/mol. The number of rotatable bonds is 4. The lowest BCUT2D eigenvalue weighted by Crippen LogP contribution is -2.07. The van der Waals surface area contributed by atoms with Crippen LogP contribution in [0.25, 0.3) is 6.08 Å². The molecule has 0 saturated carbocycles. The first-order valence-electron chi connectivity index (χ1n) is 5.78. The zero-order chi connectivity index (χ0) is 14.4. The number of hydrogen-bond donors (Lipinski definition) is 1. The number of nitrogens with one attached hydrogen (secondary N) is 1. The Morgan fingerprint density at radius 1 is 1.35 bits per heavy atom. The van der Waals surface area contributed by atoms with Crippen molar-refractivity contribution in [3.05, 3.63) is 53.3 Å². The molecule has 0 atom stereocenters. The molecule has 2 aromatic rings. The Hall–Kier alpha value is -1.85. The van der Waals surface area contributed by atoms with Crippen molar-refractivity contribution in [2.75, 3.05) is 11.6 Å². The molecule has 0 unspecified atom stereocenters. The molecule has 0 aliphatic heterocycles. The van der Waals surface area contributed by atoms with Crippen LogP contribution in [0.2, 0.25) is 5.02 Å². The lowest BCUT2D eigenvalue weighted by atomic mass is 10.3. The summed E-state index contributed by atoms with van der Waals surface area (Å²) in [6.07, 6.45) is 8.33. The molecule has 2 rings (SSSR count). The molecule has 4 nitrogen and oxygen atoms in total. The maximum atomic E-state index is 11.7. The Bertz CT molecular complexity index is 629. The zero-order valence-corrected chi connectivity index (χ0v) is 12.3. The van der Waals surface area contributed by atoms with Gasteiger partial charge in [-0.25, -0.2) is 9.97 Å². The Kier molecular flexibility index (Phi) is 5.15. The lowest BCUT2D eigenvalue weighted by molar-refractivity contribution is -0.111. The molecule has 0 bridgehead atoms. The van der Waals surface area contributed by atoms with Gasteiger partial charge in [-0.3, -0.25) is 4.79 Å². The van der Waals surface area contributed by atoms with Crippen LogP contribution >= 0.6 is 23.4 Å². The predicted octanol–water partition coefficient (Wildman–Crippen LogP) is 3.50. The third kappa shape index (κ3) is 4.36. The summed E-state index contributed by atoms with van der Waals surface area (Å²) < 4.78 is 0. The van der Waals surface area contributed by atoms with E-state index in [1.807, 2.05) is 6.26 Å². The minimum Gasteiger partial charge on any atom is -0.322 e. The number of halogens is 1. The molecular weight excluding hydrogens is 294 g/mol. The molecule has 0 spiro atoms. The minimum atomic E-state index is -0.235. The fraction of sp³-hybridized carbons (Fsp3) is 0.0714. The Morgan fingerprint density at radius 2 is 2.10 bits per heavy atom. The van der Waals surface area contributed by atoms with Crippen molar-refractivity contribution >= 4 is 41.0 Å². The SMILES string of the molecule is CSc1ncc(/C=C/C(=O)Nc2cccc(Cl)c2)cn1. The van der Waals surface area contributed by atoms with E-state index in [9.17, 15) is 4.79 Å². The van der Waals surface area contributed by atoms with Crippen molar-refractivity contribution in [3.63, 3.8) is 0 Å². The number of carbonyl (C=O) groups is 1. The van der Waals surface area contributed by atoms with E-state index in [1.165, 1.54) is 17.8 Å². The fourth-order valence-corrected chi connectivity index (χ4v) is 1.95. The summed E-state index contributed by atoms with van der Waals surface area (Å²) in [6.45, 7) is 0. The molecule has 20 heavy (non-hydrogen) atoms. The van der Waals surface area contributed by atoms with Gasteiger partial charge in [0.1, 0.15) is 0 Å². The van der Waals surface area contributed by atoms with Crippen LogP contribution < -0.4 is 5.32 Å². The number of thioether (sulfide) groups is 1. The highest BCUT2D eigenvalue weighted by Gasteiger charge is 1.99. The van der Waals surface area contributed by atoms with Gasteiger partial charge in [0.2, 0.25) is 5.91 Å². The van der Waals surface area contributed by atoms with E-state index in [1.54, 1.807) is 42.7 Å². The molecule has 1 aromatic heterocycles. The summed E-state index contributed by atoms with van der Waals surface area (Å²) in [5.41, 5.74) is 1.42. The number of nitrogens with zero attached hydrogens (tertiary/aromatic N) is 2. The van der Waals surface area contributed by atoms with Crippen LogP contribution in [0.15, 0.2) is 47.9 Å². The van der Waals surface area contributed by atoms with Crippen LogP contribution in [-0.2, 0) is 4.79 Å². The summed E-state index contributed by atoms with van der Waals surface area (Å²) >= 11 is 7.31. The van der Waals surface area contributed by atoms with Gasteiger partial charge in [-0.05, 0) is 30.5 Å². The molecule has 1 amide bonds. The van der Waals surface area contributed by atoms with Crippen LogP contribution in [0.5, 0.6) is 0 Å². The first kappa shape index (κ1) is 14.6. The van der Waals surface area contributed by atoms with Gasteiger partial charge >= 0.3 is 0 Å². The first-order chi connectivity index (χ1) is 9.67. The number of aromatic nitrogens is 2. The molecule has 0 saturated heterocycles. The minimum absolute atomic E-state index is 0.235. The highest BCUT2D eigenvalue weighted by atomic mass is 35.5. The van der Waals surface area contributed by atoms with Gasteiger partial charge in [0.15, 0.2) is 5.16 Å². The van der Waals surface area contributed by atoms with Gasteiger partial charge < -0.3 is 5.32 Å². The number of benzene rings is 1. The summed E-state index contributed by atoms with van der Waals surface area (Å²) in [7, 11) is 0. The van der Waals surface area contributed by atoms with Gasteiger partial charge in [0.05, 0.1) is 0 Å². The van der Waals surface area contributed by atoms with Gasteiger partial charge in [-0.15, -0.1) is 0 Å². The van der Waals surface area contributed by atoms with Gasteiger partial charge in [-0.2, -0.15) is 0 Å². The highest BCUT2D eigenvalue weighted by molar-refractivity contribution is 7.98. The summed E-state index contributed by atoms with van der Waals surface area (Å²) in [5, 5.41) is 4.00. The highest BCUT2D eigenvalue weighted by Crippen LogP contribution is 2.15. The number of carbonyl (C=O) groups excluding carboxylic acids is 1. The van der Waals surface area contributed by atoms with E-state index in [4.69, 9.17) is 11.6 Å². The molecular formula is C14H12ClN3OS. The van der Waals surface area contributed by atoms with E-state index in [-0.39, 0.29) is 5.91 Å². The molecule has 6 heteroatoms. The Labute approximate surface area is 126 Å². The maximum Gasteiger partial charge on any atom is 0.248 e. The van der Waals surface area contributed by atoms with Gasteiger partial charge in [0.25, 0.3) is 0 Å². The molecule has 0 radical (unpaired) electrons. The van der Waals surface area contributed by atoms with Crippen molar-refractivity contribution < 1.29 is 4.79 Å². The summed E-state index contributed by atoms with van der Waals surface area (Å²) in [6, 6.07) is 6.98. The summed E-state index contributed by atoms with van der Waals surface area (Å²) in [4.78, 5) is 20.0. The third-order valence-corrected chi connectivity index (χ3v) is 3.16. The molecule has 1 heterocycles. The van der Waals surface area contributed by atoms with E-state index in [2.05, 4.69) is 15.3 Å². The lowest BCUT2D eigenvalue weighted by Gasteiger charge is -2.02. The van der Waals surface area contributed by atoms with Crippen molar-refractivity contribution in [1.82, 2.24) is 9.97 Å². The van der Waals surface area contributed by atoms with Crippen molar-refractivity contribution in [2.24, 2.45) is 0 Å². The monoisotopic (exact) mass is 305 g/mol.